The number of methoxy groups -OCH3 is 1. The quantitative estimate of drug-likeness (QED) is 0.916. The Bertz CT molecular complexity index is 615. The first kappa shape index (κ1) is 14.8. The Morgan fingerprint density at radius 2 is 1.95 bits per heavy atom. The summed E-state index contributed by atoms with van der Waals surface area (Å²) in [6.07, 6.45) is 0. The van der Waals surface area contributed by atoms with E-state index in [0.29, 0.717) is 10.6 Å². The summed E-state index contributed by atoms with van der Waals surface area (Å²) in [6, 6.07) is 10.5. The van der Waals surface area contributed by atoms with E-state index in [1.54, 1.807) is 25.2 Å². The number of ether oxygens (including phenoxy) is 1. The Morgan fingerprint density at radius 1 is 1.20 bits per heavy atom. The van der Waals surface area contributed by atoms with E-state index in [1.165, 1.54) is 7.11 Å². The number of hydrogen-bond donors (Lipinski definition) is 1. The number of rotatable bonds is 4. The van der Waals surface area contributed by atoms with E-state index in [-0.39, 0.29) is 17.6 Å². The van der Waals surface area contributed by atoms with Crippen molar-refractivity contribution in [2.24, 2.45) is 0 Å². The molecule has 0 saturated heterocycles. The predicted molar refractivity (Wildman–Crippen MR) is 80.0 cm³/mol. The fourth-order valence-corrected chi connectivity index (χ4v) is 2.60. The third kappa shape index (κ3) is 2.79. The molecule has 0 spiro atoms. The molecule has 20 heavy (non-hydrogen) atoms. The molecule has 2 aromatic carbocycles. The SMILES string of the molecule is CNC(c1ccc(C)cc1Cl)c1cccc(OC)c1F. The summed E-state index contributed by atoms with van der Waals surface area (Å²) >= 11 is 6.29. The zero-order valence-corrected chi connectivity index (χ0v) is 12.5. The van der Waals surface area contributed by atoms with Crippen LogP contribution in [0, 0.1) is 12.7 Å². The van der Waals surface area contributed by atoms with Crippen molar-refractivity contribution in [3.8, 4) is 5.75 Å². The molecule has 0 aliphatic heterocycles. The first-order valence-corrected chi connectivity index (χ1v) is 6.72. The maximum Gasteiger partial charge on any atom is 0.170 e. The molecule has 1 N–H and O–H groups in total. The minimum absolute atomic E-state index is 0.228. The molecule has 0 aromatic heterocycles. The molecule has 0 aliphatic carbocycles. The largest absolute Gasteiger partial charge is 0.494 e. The smallest absolute Gasteiger partial charge is 0.170 e. The van der Waals surface area contributed by atoms with E-state index in [4.69, 9.17) is 16.3 Å². The lowest BCUT2D eigenvalue weighted by molar-refractivity contribution is 0.382. The van der Waals surface area contributed by atoms with Gasteiger partial charge in [-0.05, 0) is 37.2 Å². The second-order valence-corrected chi connectivity index (χ2v) is 5.02. The molecule has 0 bridgehead atoms. The second kappa shape index (κ2) is 6.25. The summed E-state index contributed by atoms with van der Waals surface area (Å²) in [5.74, 6) is -0.142. The van der Waals surface area contributed by atoms with Gasteiger partial charge in [0.15, 0.2) is 11.6 Å². The second-order valence-electron chi connectivity index (χ2n) is 4.61. The fourth-order valence-electron chi connectivity index (χ4n) is 2.25. The van der Waals surface area contributed by atoms with Gasteiger partial charge in [0, 0.05) is 10.6 Å². The molecule has 0 saturated carbocycles. The van der Waals surface area contributed by atoms with Crippen molar-refractivity contribution < 1.29 is 9.13 Å². The molecule has 2 rings (SSSR count). The van der Waals surface area contributed by atoms with Crippen molar-refractivity contribution in [3.05, 3.63) is 63.9 Å². The monoisotopic (exact) mass is 293 g/mol. The Balaban J connectivity index is 2.52. The van der Waals surface area contributed by atoms with Crippen LogP contribution in [0.1, 0.15) is 22.7 Å². The third-order valence-corrected chi connectivity index (χ3v) is 3.61. The average molecular weight is 294 g/mol. The summed E-state index contributed by atoms with van der Waals surface area (Å²) < 4.78 is 19.4. The van der Waals surface area contributed by atoms with Gasteiger partial charge in [0.25, 0.3) is 0 Å². The average Bonchev–Trinajstić information content (AvgIpc) is 2.43. The minimum Gasteiger partial charge on any atom is -0.494 e. The highest BCUT2D eigenvalue weighted by Crippen LogP contribution is 2.32. The summed E-state index contributed by atoms with van der Waals surface area (Å²) in [5.41, 5.74) is 2.42. The van der Waals surface area contributed by atoms with Crippen molar-refractivity contribution in [1.29, 1.82) is 0 Å². The number of nitrogens with one attached hydrogen (secondary N) is 1. The molecular formula is C16H17ClFNO. The predicted octanol–water partition coefficient (Wildman–Crippen LogP) is 4.10. The molecule has 0 radical (unpaired) electrons. The van der Waals surface area contributed by atoms with E-state index >= 15 is 0 Å². The Kier molecular flexibility index (Phi) is 4.63. The molecule has 1 unspecified atom stereocenters. The third-order valence-electron chi connectivity index (χ3n) is 3.28. The highest BCUT2D eigenvalue weighted by Gasteiger charge is 2.20. The van der Waals surface area contributed by atoms with Gasteiger partial charge in [-0.25, -0.2) is 4.39 Å². The highest BCUT2D eigenvalue weighted by molar-refractivity contribution is 6.31. The van der Waals surface area contributed by atoms with Gasteiger partial charge in [0.2, 0.25) is 0 Å². The van der Waals surface area contributed by atoms with Crippen LogP contribution in [-0.2, 0) is 0 Å². The summed E-state index contributed by atoms with van der Waals surface area (Å²) in [5, 5.41) is 3.72. The number of benzene rings is 2. The van der Waals surface area contributed by atoms with E-state index in [1.807, 2.05) is 25.1 Å². The molecular weight excluding hydrogens is 277 g/mol. The lowest BCUT2D eigenvalue weighted by atomic mass is 9.97. The van der Waals surface area contributed by atoms with Crippen molar-refractivity contribution in [1.82, 2.24) is 5.32 Å². The number of halogens is 2. The zero-order chi connectivity index (χ0) is 14.7. The molecule has 0 amide bonds. The van der Waals surface area contributed by atoms with Gasteiger partial charge in [-0.15, -0.1) is 0 Å². The van der Waals surface area contributed by atoms with Gasteiger partial charge >= 0.3 is 0 Å². The fraction of sp³-hybridized carbons (Fsp3) is 0.250. The van der Waals surface area contributed by atoms with Gasteiger partial charge in [0.1, 0.15) is 0 Å². The van der Waals surface area contributed by atoms with E-state index < -0.39 is 0 Å². The van der Waals surface area contributed by atoms with Crippen LogP contribution in [0.3, 0.4) is 0 Å². The molecule has 0 fully saturated rings. The summed E-state index contributed by atoms with van der Waals surface area (Å²) in [4.78, 5) is 0. The van der Waals surface area contributed by atoms with E-state index in [9.17, 15) is 4.39 Å². The first-order chi connectivity index (χ1) is 9.58. The van der Waals surface area contributed by atoms with Crippen LogP contribution < -0.4 is 10.1 Å². The van der Waals surface area contributed by atoms with Gasteiger partial charge < -0.3 is 10.1 Å². The van der Waals surface area contributed by atoms with E-state index in [2.05, 4.69) is 5.32 Å². The molecule has 0 heterocycles. The lowest BCUT2D eigenvalue weighted by Crippen LogP contribution is -2.19. The van der Waals surface area contributed by atoms with Crippen molar-refractivity contribution in [3.63, 3.8) is 0 Å². The molecule has 4 heteroatoms. The normalized spacial score (nSPS) is 12.2. The molecule has 2 nitrogen and oxygen atoms in total. The van der Waals surface area contributed by atoms with Gasteiger partial charge in [-0.2, -0.15) is 0 Å². The van der Waals surface area contributed by atoms with Gasteiger partial charge in [0.05, 0.1) is 13.2 Å². The zero-order valence-electron chi connectivity index (χ0n) is 11.7. The maximum absolute atomic E-state index is 14.4. The van der Waals surface area contributed by atoms with Crippen LogP contribution in [0.5, 0.6) is 5.75 Å². The standard InChI is InChI=1S/C16H17ClFNO/c1-10-7-8-11(13(17)9-10)16(19-2)12-5-4-6-14(20-3)15(12)18/h4-9,16,19H,1-3H3. The topological polar surface area (TPSA) is 21.3 Å². The Hall–Kier alpha value is -1.58. The van der Waals surface area contributed by atoms with Gasteiger partial charge in [-0.1, -0.05) is 35.9 Å². The van der Waals surface area contributed by atoms with Crippen LogP contribution in [0.2, 0.25) is 5.02 Å². The van der Waals surface area contributed by atoms with Crippen LogP contribution in [0.4, 0.5) is 4.39 Å². The summed E-state index contributed by atoms with van der Waals surface area (Å²) in [6.45, 7) is 1.97. The molecule has 0 aliphatic rings. The van der Waals surface area contributed by atoms with Crippen molar-refractivity contribution in [2.75, 3.05) is 14.2 Å². The molecule has 106 valence electrons. The maximum atomic E-state index is 14.4. The first-order valence-electron chi connectivity index (χ1n) is 6.34. The molecule has 2 aromatic rings. The van der Waals surface area contributed by atoms with E-state index in [0.717, 1.165) is 11.1 Å². The van der Waals surface area contributed by atoms with Crippen LogP contribution in [0.15, 0.2) is 36.4 Å². The Morgan fingerprint density at radius 3 is 2.55 bits per heavy atom. The molecule has 1 atom stereocenters. The van der Waals surface area contributed by atoms with Crippen molar-refractivity contribution in [2.45, 2.75) is 13.0 Å². The van der Waals surface area contributed by atoms with Crippen molar-refractivity contribution >= 4 is 11.6 Å². The van der Waals surface area contributed by atoms with Crippen LogP contribution in [-0.4, -0.2) is 14.2 Å². The van der Waals surface area contributed by atoms with Gasteiger partial charge in [-0.3, -0.25) is 0 Å². The number of aryl methyl sites for hydroxylation is 1. The minimum atomic E-state index is -0.369. The van der Waals surface area contributed by atoms with Crippen LogP contribution in [0.25, 0.3) is 0 Å². The number of hydrogen-bond acceptors (Lipinski definition) is 2. The highest BCUT2D eigenvalue weighted by atomic mass is 35.5. The van der Waals surface area contributed by atoms with Crippen LogP contribution >= 0.6 is 11.6 Å². The summed E-state index contributed by atoms with van der Waals surface area (Å²) in [7, 11) is 3.23. The Labute approximate surface area is 123 Å². The lowest BCUT2D eigenvalue weighted by Gasteiger charge is -2.20.